The van der Waals surface area contributed by atoms with E-state index in [1.807, 2.05) is 0 Å². The fourth-order valence-corrected chi connectivity index (χ4v) is 1.14. The van der Waals surface area contributed by atoms with Gasteiger partial charge in [-0.3, -0.25) is 0 Å². The van der Waals surface area contributed by atoms with E-state index in [0.717, 1.165) is 12.2 Å². The number of halogens is 3. The lowest BCUT2D eigenvalue weighted by atomic mass is 10.0. The molecule has 0 fully saturated rings. The molecule has 0 atom stereocenters. The Hall–Kier alpha value is -2.55. The van der Waals surface area contributed by atoms with E-state index in [4.69, 9.17) is 0 Å². The molecule has 0 aromatic rings. The van der Waals surface area contributed by atoms with E-state index in [2.05, 4.69) is 39.5 Å². The smallest absolute Gasteiger partial charge is 0.166 e. The monoisotopic (exact) mass is 290 g/mol. The zero-order valence-electron chi connectivity index (χ0n) is 11.8. The van der Waals surface area contributed by atoms with Crippen LogP contribution in [-0.4, -0.2) is 0 Å². The average Bonchev–Trinajstić information content (AvgIpc) is 2.48. The van der Waals surface area contributed by atoms with Crippen molar-refractivity contribution in [3.05, 3.63) is 110 Å². The maximum atomic E-state index is 13.9. The van der Waals surface area contributed by atoms with Crippen LogP contribution in [0.25, 0.3) is 0 Å². The summed E-state index contributed by atoms with van der Waals surface area (Å²) in [6.45, 7) is 20.4. The average molecular weight is 290 g/mol. The molecule has 0 N–H and O–H groups in total. The zero-order valence-corrected chi connectivity index (χ0v) is 11.8. The highest BCUT2D eigenvalue weighted by Crippen LogP contribution is 2.29. The first-order chi connectivity index (χ1) is 9.76. The third-order valence-corrected chi connectivity index (χ3v) is 2.44. The molecule has 0 rings (SSSR count). The summed E-state index contributed by atoms with van der Waals surface area (Å²) in [5, 5.41) is 0. The molecular formula is C18H17F3. The van der Waals surface area contributed by atoms with Gasteiger partial charge >= 0.3 is 0 Å². The van der Waals surface area contributed by atoms with E-state index < -0.39 is 17.5 Å². The minimum Gasteiger partial charge on any atom is -0.207 e. The van der Waals surface area contributed by atoms with Gasteiger partial charge in [0.25, 0.3) is 0 Å². The van der Waals surface area contributed by atoms with Gasteiger partial charge < -0.3 is 0 Å². The van der Waals surface area contributed by atoms with E-state index >= 15 is 0 Å². The molecule has 0 saturated carbocycles. The van der Waals surface area contributed by atoms with Gasteiger partial charge in [-0.1, -0.05) is 57.7 Å². The van der Waals surface area contributed by atoms with E-state index in [-0.39, 0.29) is 22.3 Å². The molecule has 0 spiro atoms. The summed E-state index contributed by atoms with van der Waals surface area (Å²) >= 11 is 0. The van der Waals surface area contributed by atoms with Crippen LogP contribution in [0.3, 0.4) is 0 Å². The van der Waals surface area contributed by atoms with Crippen molar-refractivity contribution in [1.29, 1.82) is 0 Å². The zero-order chi connectivity index (χ0) is 16.6. The van der Waals surface area contributed by atoms with Gasteiger partial charge in [0.15, 0.2) is 11.7 Å². The fourth-order valence-electron chi connectivity index (χ4n) is 1.14. The number of allylic oxidation sites excluding steroid dienone is 12. The molecule has 110 valence electrons. The predicted molar refractivity (Wildman–Crippen MR) is 84.5 cm³/mol. The Morgan fingerprint density at radius 3 is 1.67 bits per heavy atom. The molecule has 3 heteroatoms. The van der Waals surface area contributed by atoms with Crippen molar-refractivity contribution < 1.29 is 13.2 Å². The molecule has 0 aromatic heterocycles. The Morgan fingerprint density at radius 1 is 0.762 bits per heavy atom. The molecule has 0 unspecified atom stereocenters. The molecule has 0 aliphatic heterocycles. The van der Waals surface area contributed by atoms with Crippen molar-refractivity contribution in [3.63, 3.8) is 0 Å². The molecular weight excluding hydrogens is 273 g/mol. The molecule has 0 heterocycles. The summed E-state index contributed by atoms with van der Waals surface area (Å²) in [5.74, 6) is -3.23. The van der Waals surface area contributed by atoms with Crippen LogP contribution in [0.2, 0.25) is 0 Å². The third kappa shape index (κ3) is 5.53. The topological polar surface area (TPSA) is 0 Å². The quantitative estimate of drug-likeness (QED) is 0.471. The molecule has 21 heavy (non-hydrogen) atoms. The highest BCUT2D eigenvalue weighted by molar-refractivity contribution is 5.55. The largest absolute Gasteiger partial charge is 0.207 e. The second kappa shape index (κ2) is 8.59. The van der Waals surface area contributed by atoms with Crippen molar-refractivity contribution in [2.75, 3.05) is 0 Å². The highest BCUT2D eigenvalue weighted by atomic mass is 19.2. The minimum absolute atomic E-state index is 0.111. The number of hydrogen-bond acceptors (Lipinski definition) is 0. The van der Waals surface area contributed by atoms with Crippen LogP contribution in [0, 0.1) is 0 Å². The lowest BCUT2D eigenvalue weighted by Gasteiger charge is -2.07. The third-order valence-electron chi connectivity index (χ3n) is 2.44. The summed E-state index contributed by atoms with van der Waals surface area (Å²) < 4.78 is 40.9. The normalized spacial score (nSPS) is 12.6. The van der Waals surface area contributed by atoms with E-state index in [1.54, 1.807) is 0 Å². The molecule has 0 nitrogen and oxygen atoms in total. The van der Waals surface area contributed by atoms with E-state index in [0.29, 0.717) is 0 Å². The van der Waals surface area contributed by atoms with Crippen LogP contribution in [-0.2, 0) is 0 Å². The van der Waals surface area contributed by atoms with Crippen molar-refractivity contribution in [2.24, 2.45) is 0 Å². The van der Waals surface area contributed by atoms with Crippen LogP contribution in [0.4, 0.5) is 13.2 Å². The van der Waals surface area contributed by atoms with Crippen LogP contribution in [0.5, 0.6) is 0 Å². The molecule has 0 bridgehead atoms. The molecule has 0 aliphatic carbocycles. The first-order valence-electron chi connectivity index (χ1n) is 5.87. The van der Waals surface area contributed by atoms with Gasteiger partial charge in [0, 0.05) is 11.1 Å². The maximum Gasteiger partial charge on any atom is 0.166 e. The molecule has 0 aromatic carbocycles. The second-order valence-electron chi connectivity index (χ2n) is 3.96. The van der Waals surface area contributed by atoms with Gasteiger partial charge in [-0.05, 0) is 23.3 Å². The Bertz CT molecular complexity index is 596. The Balaban J connectivity index is 5.36. The van der Waals surface area contributed by atoms with Crippen LogP contribution < -0.4 is 0 Å². The summed E-state index contributed by atoms with van der Waals surface area (Å²) in [6.07, 6.45) is 6.21. The van der Waals surface area contributed by atoms with Crippen molar-refractivity contribution >= 4 is 0 Å². The van der Waals surface area contributed by atoms with Crippen molar-refractivity contribution in [1.82, 2.24) is 0 Å². The molecule has 0 saturated heterocycles. The SMILES string of the molecule is C=C/C=C\C(=C)C(=C)/C(F)=C(/F)C(=C)C(=C)/C=C(/F)C=C. The Kier molecular flexibility index (Phi) is 7.54. The van der Waals surface area contributed by atoms with Gasteiger partial charge in [-0.2, -0.15) is 0 Å². The minimum atomic E-state index is -1.27. The summed E-state index contributed by atoms with van der Waals surface area (Å²) in [4.78, 5) is 0. The molecule has 0 amide bonds. The number of rotatable bonds is 8. The second-order valence-corrected chi connectivity index (χ2v) is 3.96. The first kappa shape index (κ1) is 18.4. The van der Waals surface area contributed by atoms with Gasteiger partial charge in [0.1, 0.15) is 5.83 Å². The predicted octanol–water partition coefficient (Wildman–Crippen LogP) is 6.14. The van der Waals surface area contributed by atoms with Crippen molar-refractivity contribution in [3.8, 4) is 0 Å². The van der Waals surface area contributed by atoms with Gasteiger partial charge in [0.05, 0.1) is 0 Å². The van der Waals surface area contributed by atoms with Crippen LogP contribution in [0.1, 0.15) is 0 Å². The van der Waals surface area contributed by atoms with Crippen LogP contribution in [0.15, 0.2) is 110 Å². The van der Waals surface area contributed by atoms with Crippen LogP contribution >= 0.6 is 0 Å². The molecule has 0 aliphatic rings. The lowest BCUT2D eigenvalue weighted by molar-refractivity contribution is 0.560. The Morgan fingerprint density at radius 2 is 1.24 bits per heavy atom. The summed E-state index contributed by atoms with van der Waals surface area (Å²) in [5.41, 5.74) is -0.562. The van der Waals surface area contributed by atoms with E-state index in [9.17, 15) is 13.2 Å². The summed E-state index contributed by atoms with van der Waals surface area (Å²) in [6, 6.07) is 0. The summed E-state index contributed by atoms with van der Waals surface area (Å²) in [7, 11) is 0. The Labute approximate surface area is 123 Å². The van der Waals surface area contributed by atoms with Gasteiger partial charge in [0.2, 0.25) is 0 Å². The van der Waals surface area contributed by atoms with E-state index in [1.165, 1.54) is 18.2 Å². The van der Waals surface area contributed by atoms with Crippen molar-refractivity contribution in [2.45, 2.75) is 0 Å². The standard InChI is InChI=1S/C18H17F3/c1-7-9-10-12(3)14(5)17(20)18(21)15(6)13(4)11-16(19)8-2/h7-11H,1-6H2/b10-9-,16-11+,18-17-. The first-order valence-corrected chi connectivity index (χ1v) is 5.87. The van der Waals surface area contributed by atoms with Gasteiger partial charge in [-0.25, -0.2) is 13.2 Å². The molecule has 0 radical (unpaired) electrons. The lowest BCUT2D eigenvalue weighted by Crippen LogP contribution is -1.93. The maximum absolute atomic E-state index is 13.9. The van der Waals surface area contributed by atoms with Gasteiger partial charge in [-0.15, -0.1) is 0 Å². The highest BCUT2D eigenvalue weighted by Gasteiger charge is 2.15. The fraction of sp³-hybridized carbons (Fsp3) is 0. The number of hydrogen-bond donors (Lipinski definition) is 0.